The Balaban J connectivity index is 2.42. The molecule has 0 aromatic carbocycles. The van der Waals surface area contributed by atoms with E-state index in [0.29, 0.717) is 24.2 Å². The molecule has 1 N–H and O–H groups in total. The van der Waals surface area contributed by atoms with Crippen molar-refractivity contribution in [3.05, 3.63) is 5.82 Å². The van der Waals surface area contributed by atoms with E-state index in [4.69, 9.17) is 9.47 Å². The molecule has 19 heavy (non-hydrogen) atoms. The topological polar surface area (TPSA) is 90.4 Å². The number of hydrogen-bond donors (Lipinski definition) is 1. The van der Waals surface area contributed by atoms with Crippen LogP contribution < -0.4 is 5.32 Å². The molecule has 0 fully saturated rings. The lowest BCUT2D eigenvalue weighted by atomic mass is 10.2. The van der Waals surface area contributed by atoms with Gasteiger partial charge >= 0.3 is 12.1 Å². The summed E-state index contributed by atoms with van der Waals surface area (Å²) in [5.41, 5.74) is 0. The molecule has 1 rings (SSSR count). The Morgan fingerprint density at radius 3 is 2.74 bits per heavy atom. The van der Waals surface area contributed by atoms with Crippen molar-refractivity contribution < 1.29 is 19.1 Å². The van der Waals surface area contributed by atoms with Gasteiger partial charge in [-0.2, -0.15) is 4.37 Å². The number of nitrogens with one attached hydrogen (secondary N) is 1. The van der Waals surface area contributed by atoms with E-state index in [2.05, 4.69) is 14.7 Å². The van der Waals surface area contributed by atoms with Crippen molar-refractivity contribution in [1.82, 2.24) is 9.36 Å². The van der Waals surface area contributed by atoms with Crippen molar-refractivity contribution in [3.63, 3.8) is 0 Å². The maximum absolute atomic E-state index is 11.4. The summed E-state index contributed by atoms with van der Waals surface area (Å²) in [5.74, 6) is 0.191. The van der Waals surface area contributed by atoms with E-state index in [1.54, 1.807) is 6.92 Å². The molecule has 0 aliphatic carbocycles. The van der Waals surface area contributed by atoms with Crippen LogP contribution in [0.5, 0.6) is 0 Å². The molecule has 0 atom stereocenters. The fraction of sp³-hybridized carbons (Fsp3) is 0.636. The molecule has 0 radical (unpaired) electrons. The fourth-order valence-electron chi connectivity index (χ4n) is 1.08. The minimum Gasteiger partial charge on any atom is -0.466 e. The maximum atomic E-state index is 11.4. The molecule has 0 saturated carbocycles. The van der Waals surface area contributed by atoms with Crippen LogP contribution >= 0.6 is 11.5 Å². The first-order valence-corrected chi connectivity index (χ1v) is 6.70. The Kier molecular flexibility index (Phi) is 6.20. The molecule has 106 valence electrons. The lowest BCUT2D eigenvalue weighted by molar-refractivity contribution is -0.142. The predicted octanol–water partition coefficient (Wildman–Crippen LogP) is 1.85. The molecule has 0 unspecified atom stereocenters. The van der Waals surface area contributed by atoms with E-state index in [9.17, 15) is 9.59 Å². The summed E-state index contributed by atoms with van der Waals surface area (Å²) in [5, 5.41) is 2.75. The van der Waals surface area contributed by atoms with Crippen LogP contribution in [0, 0.1) is 5.92 Å². The summed E-state index contributed by atoms with van der Waals surface area (Å²) in [6.07, 6.45) is -0.583. The number of esters is 1. The van der Waals surface area contributed by atoms with Gasteiger partial charge < -0.3 is 9.47 Å². The van der Waals surface area contributed by atoms with E-state index in [1.165, 1.54) is 0 Å². The van der Waals surface area contributed by atoms with Crippen LogP contribution in [0.2, 0.25) is 0 Å². The standard InChI is InChI=1S/C11H17N3O4S/c1-4-17-9(15)5-8-12-10(19-14-8)13-11(16)18-6-7(2)3/h7H,4-6H2,1-3H3,(H,12,13,14,16). The van der Waals surface area contributed by atoms with Crippen LogP contribution in [0.3, 0.4) is 0 Å². The number of aromatic nitrogens is 2. The lowest BCUT2D eigenvalue weighted by Gasteiger charge is -2.06. The number of carbonyl (C=O) groups excluding carboxylic acids is 2. The highest BCUT2D eigenvalue weighted by Gasteiger charge is 2.12. The molecule has 0 aliphatic rings. The third-order valence-electron chi connectivity index (χ3n) is 1.83. The molecule has 1 heterocycles. The Bertz CT molecular complexity index is 433. The Labute approximate surface area is 115 Å². The predicted molar refractivity (Wildman–Crippen MR) is 70.1 cm³/mol. The Morgan fingerprint density at radius 1 is 1.37 bits per heavy atom. The number of hydrogen-bond acceptors (Lipinski definition) is 7. The number of carbonyl (C=O) groups is 2. The summed E-state index contributed by atoms with van der Waals surface area (Å²) in [7, 11) is 0. The van der Waals surface area contributed by atoms with Crippen molar-refractivity contribution >= 4 is 28.7 Å². The normalized spacial score (nSPS) is 10.3. The first kappa shape index (κ1) is 15.4. The van der Waals surface area contributed by atoms with Crippen LogP contribution in [0.25, 0.3) is 0 Å². The molecule has 1 aromatic rings. The monoisotopic (exact) mass is 287 g/mol. The highest BCUT2D eigenvalue weighted by Crippen LogP contribution is 2.12. The van der Waals surface area contributed by atoms with Crippen LogP contribution in [-0.2, 0) is 20.7 Å². The third kappa shape index (κ3) is 6.14. The Hall–Kier alpha value is -1.70. The summed E-state index contributed by atoms with van der Waals surface area (Å²) in [4.78, 5) is 26.6. The van der Waals surface area contributed by atoms with Gasteiger partial charge in [0.25, 0.3) is 0 Å². The van der Waals surface area contributed by atoms with Crippen molar-refractivity contribution in [1.29, 1.82) is 0 Å². The van der Waals surface area contributed by atoms with Gasteiger partial charge in [0.05, 0.1) is 13.2 Å². The highest BCUT2D eigenvalue weighted by molar-refractivity contribution is 7.09. The van der Waals surface area contributed by atoms with E-state index >= 15 is 0 Å². The number of nitrogens with zero attached hydrogens (tertiary/aromatic N) is 2. The van der Waals surface area contributed by atoms with Gasteiger partial charge in [0.15, 0.2) is 5.82 Å². The summed E-state index contributed by atoms with van der Waals surface area (Å²) in [6, 6.07) is 0. The molecule has 1 amide bonds. The second-order valence-electron chi connectivity index (χ2n) is 4.11. The van der Waals surface area contributed by atoms with Gasteiger partial charge in [0, 0.05) is 11.5 Å². The third-order valence-corrected chi connectivity index (χ3v) is 2.50. The molecule has 1 aromatic heterocycles. The van der Waals surface area contributed by atoms with Gasteiger partial charge in [-0.1, -0.05) is 13.8 Å². The van der Waals surface area contributed by atoms with Crippen molar-refractivity contribution in [2.75, 3.05) is 18.5 Å². The number of rotatable bonds is 6. The molecular formula is C11H17N3O4S. The van der Waals surface area contributed by atoms with Crippen LogP contribution in [-0.4, -0.2) is 34.6 Å². The van der Waals surface area contributed by atoms with Gasteiger partial charge in [-0.3, -0.25) is 10.1 Å². The molecule has 0 spiro atoms. The molecule has 0 saturated heterocycles. The first-order chi connectivity index (χ1) is 9.01. The van der Waals surface area contributed by atoms with Gasteiger partial charge in [0.2, 0.25) is 5.13 Å². The van der Waals surface area contributed by atoms with E-state index in [-0.39, 0.29) is 12.3 Å². The number of amides is 1. The smallest absolute Gasteiger partial charge is 0.413 e. The van der Waals surface area contributed by atoms with Crippen LogP contribution in [0.4, 0.5) is 9.93 Å². The zero-order chi connectivity index (χ0) is 14.3. The highest BCUT2D eigenvalue weighted by atomic mass is 32.1. The maximum Gasteiger partial charge on any atom is 0.413 e. The minimum absolute atomic E-state index is 0.00688. The van der Waals surface area contributed by atoms with Gasteiger partial charge in [-0.15, -0.1) is 0 Å². The first-order valence-electron chi connectivity index (χ1n) is 5.93. The SMILES string of the molecule is CCOC(=O)Cc1nsc(NC(=O)OCC(C)C)n1. The zero-order valence-corrected chi connectivity index (χ0v) is 12.0. The molecule has 8 heteroatoms. The van der Waals surface area contributed by atoms with Crippen LogP contribution in [0.1, 0.15) is 26.6 Å². The molecule has 0 bridgehead atoms. The zero-order valence-electron chi connectivity index (χ0n) is 11.1. The van der Waals surface area contributed by atoms with Gasteiger partial charge in [-0.05, 0) is 12.8 Å². The lowest BCUT2D eigenvalue weighted by Crippen LogP contribution is -2.16. The quantitative estimate of drug-likeness (QED) is 0.803. The molecule has 0 aliphatic heterocycles. The van der Waals surface area contributed by atoms with Crippen molar-refractivity contribution in [2.45, 2.75) is 27.2 Å². The summed E-state index contributed by atoms with van der Waals surface area (Å²) >= 11 is 0.991. The number of ether oxygens (including phenoxy) is 2. The second-order valence-corrected chi connectivity index (χ2v) is 4.87. The average Bonchev–Trinajstić information content (AvgIpc) is 2.74. The fourth-order valence-corrected chi connectivity index (χ4v) is 1.66. The van der Waals surface area contributed by atoms with Crippen molar-refractivity contribution in [2.24, 2.45) is 5.92 Å². The van der Waals surface area contributed by atoms with Crippen molar-refractivity contribution in [3.8, 4) is 0 Å². The van der Waals surface area contributed by atoms with E-state index in [1.807, 2.05) is 13.8 Å². The molecular weight excluding hydrogens is 270 g/mol. The van der Waals surface area contributed by atoms with Gasteiger partial charge in [0.1, 0.15) is 6.42 Å². The number of anilines is 1. The largest absolute Gasteiger partial charge is 0.466 e. The van der Waals surface area contributed by atoms with Gasteiger partial charge in [-0.25, -0.2) is 9.78 Å². The summed E-state index contributed by atoms with van der Waals surface area (Å²) < 4.78 is 13.7. The van der Waals surface area contributed by atoms with E-state index in [0.717, 1.165) is 11.5 Å². The Morgan fingerprint density at radius 2 is 2.11 bits per heavy atom. The van der Waals surface area contributed by atoms with Crippen LogP contribution in [0.15, 0.2) is 0 Å². The second kappa shape index (κ2) is 7.67. The minimum atomic E-state index is -0.576. The average molecular weight is 287 g/mol. The molecule has 7 nitrogen and oxygen atoms in total. The summed E-state index contributed by atoms with van der Waals surface area (Å²) in [6.45, 7) is 6.26. The van der Waals surface area contributed by atoms with E-state index < -0.39 is 12.1 Å².